The molecular formula is C15H19N5O2. The second-order valence-electron chi connectivity index (χ2n) is 5.40. The summed E-state index contributed by atoms with van der Waals surface area (Å²) in [6.07, 6.45) is 2.19. The molecule has 1 fully saturated rings. The number of carbonyl (C=O) groups excluding carboxylic acids is 1. The van der Waals surface area contributed by atoms with Crippen molar-refractivity contribution in [3.8, 4) is 11.4 Å². The molecule has 0 unspecified atom stereocenters. The van der Waals surface area contributed by atoms with E-state index in [0.29, 0.717) is 12.4 Å². The number of benzene rings is 1. The topological polar surface area (TPSA) is 81.9 Å². The monoisotopic (exact) mass is 301 g/mol. The van der Waals surface area contributed by atoms with Gasteiger partial charge in [-0.15, -0.1) is 10.2 Å². The first-order valence-corrected chi connectivity index (χ1v) is 7.44. The van der Waals surface area contributed by atoms with Gasteiger partial charge in [-0.25, -0.2) is 0 Å². The van der Waals surface area contributed by atoms with Gasteiger partial charge < -0.3 is 10.1 Å². The van der Waals surface area contributed by atoms with Crippen molar-refractivity contribution in [2.24, 2.45) is 0 Å². The van der Waals surface area contributed by atoms with Crippen LogP contribution in [0.1, 0.15) is 18.4 Å². The van der Waals surface area contributed by atoms with Crippen LogP contribution in [0.4, 0.5) is 0 Å². The minimum atomic E-state index is -0.135. The highest BCUT2D eigenvalue weighted by molar-refractivity contribution is 5.75. The first kappa shape index (κ1) is 14.6. The molecule has 22 heavy (non-hydrogen) atoms. The quantitative estimate of drug-likeness (QED) is 0.889. The lowest BCUT2D eigenvalue weighted by Gasteiger charge is -2.10. The van der Waals surface area contributed by atoms with Gasteiger partial charge in [0.1, 0.15) is 6.54 Å². The summed E-state index contributed by atoms with van der Waals surface area (Å²) in [6.45, 7) is 3.37. The molecule has 1 aromatic heterocycles. The third kappa shape index (κ3) is 3.48. The molecule has 0 bridgehead atoms. The van der Waals surface area contributed by atoms with Crippen LogP contribution in [-0.4, -0.2) is 45.4 Å². The lowest BCUT2D eigenvalue weighted by molar-refractivity contribution is -0.122. The number of rotatable bonds is 5. The summed E-state index contributed by atoms with van der Waals surface area (Å²) in [7, 11) is 0. The number of tetrazole rings is 1. The summed E-state index contributed by atoms with van der Waals surface area (Å²) >= 11 is 0. The Morgan fingerprint density at radius 3 is 3.09 bits per heavy atom. The van der Waals surface area contributed by atoms with Gasteiger partial charge in [0.05, 0.1) is 6.10 Å². The maximum absolute atomic E-state index is 11.9. The largest absolute Gasteiger partial charge is 0.376 e. The van der Waals surface area contributed by atoms with Crippen molar-refractivity contribution < 1.29 is 9.53 Å². The maximum atomic E-state index is 11.9. The number of hydrogen-bond acceptors (Lipinski definition) is 5. The fraction of sp³-hybridized carbons (Fsp3) is 0.467. The minimum absolute atomic E-state index is 0.0611. The molecule has 1 N–H and O–H groups in total. The molecule has 7 heteroatoms. The Labute approximate surface area is 128 Å². The van der Waals surface area contributed by atoms with E-state index in [-0.39, 0.29) is 18.6 Å². The van der Waals surface area contributed by atoms with Crippen LogP contribution in [-0.2, 0) is 16.1 Å². The zero-order valence-corrected chi connectivity index (χ0v) is 12.5. The van der Waals surface area contributed by atoms with Crippen molar-refractivity contribution in [1.82, 2.24) is 25.5 Å². The van der Waals surface area contributed by atoms with Crippen LogP contribution in [0.25, 0.3) is 11.4 Å². The predicted octanol–water partition coefficient (Wildman–Crippen LogP) is 0.944. The Hall–Kier alpha value is -2.28. The molecule has 1 aliphatic heterocycles. The normalized spacial score (nSPS) is 17.6. The summed E-state index contributed by atoms with van der Waals surface area (Å²) in [5.74, 6) is 0.397. The maximum Gasteiger partial charge on any atom is 0.243 e. The third-order valence-corrected chi connectivity index (χ3v) is 3.67. The Kier molecular flexibility index (Phi) is 4.43. The highest BCUT2D eigenvalue weighted by Crippen LogP contribution is 2.17. The van der Waals surface area contributed by atoms with Crippen LogP contribution in [0.5, 0.6) is 0 Å². The summed E-state index contributed by atoms with van der Waals surface area (Å²) in [4.78, 5) is 13.2. The van der Waals surface area contributed by atoms with Crippen LogP contribution < -0.4 is 5.32 Å². The number of amides is 1. The van der Waals surface area contributed by atoms with E-state index >= 15 is 0 Å². The number of nitrogens with one attached hydrogen (secondary N) is 1. The van der Waals surface area contributed by atoms with E-state index in [9.17, 15) is 4.79 Å². The third-order valence-electron chi connectivity index (χ3n) is 3.67. The van der Waals surface area contributed by atoms with Gasteiger partial charge >= 0.3 is 0 Å². The molecule has 1 amide bonds. The number of ether oxygens (including phenoxy) is 1. The van der Waals surface area contributed by atoms with Gasteiger partial charge in [0, 0.05) is 18.7 Å². The fourth-order valence-electron chi connectivity index (χ4n) is 2.46. The summed E-state index contributed by atoms with van der Waals surface area (Å²) < 4.78 is 5.46. The SMILES string of the molecule is Cc1ccccc1-c1nnn(CC(=O)NC[C@@H]2CCCO2)n1. The van der Waals surface area contributed by atoms with Gasteiger partial charge in [0.2, 0.25) is 11.7 Å². The molecule has 2 aromatic rings. The van der Waals surface area contributed by atoms with Crippen molar-refractivity contribution in [2.45, 2.75) is 32.4 Å². The van der Waals surface area contributed by atoms with Gasteiger partial charge in [0.25, 0.3) is 0 Å². The van der Waals surface area contributed by atoms with E-state index in [1.54, 1.807) is 0 Å². The molecule has 0 spiro atoms. The Morgan fingerprint density at radius 2 is 2.32 bits per heavy atom. The van der Waals surface area contributed by atoms with Crippen LogP contribution in [0.15, 0.2) is 24.3 Å². The molecule has 1 aliphatic rings. The van der Waals surface area contributed by atoms with Crippen molar-refractivity contribution in [2.75, 3.05) is 13.2 Å². The fourth-order valence-corrected chi connectivity index (χ4v) is 2.46. The van der Waals surface area contributed by atoms with Crippen LogP contribution in [0.3, 0.4) is 0 Å². The molecule has 3 rings (SSSR count). The van der Waals surface area contributed by atoms with E-state index in [4.69, 9.17) is 4.74 Å². The van der Waals surface area contributed by atoms with E-state index < -0.39 is 0 Å². The van der Waals surface area contributed by atoms with Crippen molar-refractivity contribution in [3.63, 3.8) is 0 Å². The van der Waals surface area contributed by atoms with Crippen LogP contribution >= 0.6 is 0 Å². The van der Waals surface area contributed by atoms with E-state index in [1.165, 1.54) is 4.80 Å². The molecule has 0 aliphatic carbocycles. The van der Waals surface area contributed by atoms with Gasteiger partial charge in [0.15, 0.2) is 0 Å². The zero-order chi connectivity index (χ0) is 15.4. The number of aryl methyl sites for hydroxylation is 1. The first-order chi connectivity index (χ1) is 10.7. The molecule has 1 atom stereocenters. The van der Waals surface area contributed by atoms with Crippen molar-refractivity contribution in [1.29, 1.82) is 0 Å². The van der Waals surface area contributed by atoms with Crippen molar-refractivity contribution in [3.05, 3.63) is 29.8 Å². The number of hydrogen-bond donors (Lipinski definition) is 1. The highest BCUT2D eigenvalue weighted by Gasteiger charge is 2.17. The second-order valence-corrected chi connectivity index (χ2v) is 5.40. The molecule has 0 saturated carbocycles. The van der Waals surface area contributed by atoms with Gasteiger partial charge in [-0.3, -0.25) is 4.79 Å². The van der Waals surface area contributed by atoms with E-state index in [0.717, 1.165) is 30.6 Å². The van der Waals surface area contributed by atoms with E-state index in [2.05, 4.69) is 20.7 Å². The van der Waals surface area contributed by atoms with Gasteiger partial charge in [-0.05, 0) is 30.5 Å². The number of nitrogens with zero attached hydrogens (tertiary/aromatic N) is 4. The Morgan fingerprint density at radius 1 is 1.45 bits per heavy atom. The Bertz CT molecular complexity index is 649. The lowest BCUT2D eigenvalue weighted by Crippen LogP contribution is -2.34. The molecular weight excluding hydrogens is 282 g/mol. The smallest absolute Gasteiger partial charge is 0.243 e. The van der Waals surface area contributed by atoms with E-state index in [1.807, 2.05) is 31.2 Å². The number of carbonyl (C=O) groups is 1. The molecule has 116 valence electrons. The predicted molar refractivity (Wildman–Crippen MR) is 80.0 cm³/mol. The standard InChI is InChI=1S/C15H19N5O2/c1-11-5-2-3-7-13(11)15-17-19-20(18-15)10-14(21)16-9-12-6-4-8-22-12/h2-3,5,7,12H,4,6,8-10H2,1H3,(H,16,21)/t12-/m0/s1. The average molecular weight is 301 g/mol. The second kappa shape index (κ2) is 6.65. The van der Waals surface area contributed by atoms with Gasteiger partial charge in [-0.2, -0.15) is 4.80 Å². The minimum Gasteiger partial charge on any atom is -0.376 e. The molecule has 1 aromatic carbocycles. The highest BCUT2D eigenvalue weighted by atomic mass is 16.5. The van der Waals surface area contributed by atoms with Crippen LogP contribution in [0, 0.1) is 6.92 Å². The molecule has 2 heterocycles. The summed E-state index contributed by atoms with van der Waals surface area (Å²) in [5, 5.41) is 15.1. The summed E-state index contributed by atoms with van der Waals surface area (Å²) in [6, 6.07) is 7.82. The van der Waals surface area contributed by atoms with Gasteiger partial charge in [-0.1, -0.05) is 24.3 Å². The van der Waals surface area contributed by atoms with Crippen LogP contribution in [0.2, 0.25) is 0 Å². The molecule has 0 radical (unpaired) electrons. The van der Waals surface area contributed by atoms with Crippen molar-refractivity contribution >= 4 is 5.91 Å². The lowest BCUT2D eigenvalue weighted by atomic mass is 10.1. The number of aromatic nitrogens is 4. The average Bonchev–Trinajstić information content (AvgIpc) is 3.17. The Balaban J connectivity index is 1.57. The first-order valence-electron chi connectivity index (χ1n) is 7.44. The molecule has 1 saturated heterocycles. The zero-order valence-electron chi connectivity index (χ0n) is 12.5. The molecule has 7 nitrogen and oxygen atoms in total. The summed E-state index contributed by atoms with van der Waals surface area (Å²) in [5.41, 5.74) is 2.00.